The monoisotopic (exact) mass is 137 g/mol. The van der Waals surface area contributed by atoms with Gasteiger partial charge in [-0.15, -0.1) is 6.42 Å². The van der Waals surface area contributed by atoms with Crippen LogP contribution in [-0.4, -0.2) is 12.3 Å². The molecule has 0 spiro atoms. The molecule has 2 nitrogen and oxygen atoms in total. The van der Waals surface area contributed by atoms with Crippen LogP contribution in [0.15, 0.2) is 11.8 Å². The number of rotatable bonds is 3. The van der Waals surface area contributed by atoms with Crippen LogP contribution in [0.5, 0.6) is 0 Å². The van der Waals surface area contributed by atoms with Gasteiger partial charge in [-0.05, 0) is 19.9 Å². The van der Waals surface area contributed by atoms with Crippen LogP contribution in [0.3, 0.4) is 0 Å². The van der Waals surface area contributed by atoms with E-state index in [-0.39, 0.29) is 5.78 Å². The Morgan fingerprint density at radius 3 is 2.70 bits per heavy atom. The molecule has 0 bridgehead atoms. The summed E-state index contributed by atoms with van der Waals surface area (Å²) in [5, 5.41) is 2.87. The van der Waals surface area contributed by atoms with Gasteiger partial charge in [0.15, 0.2) is 5.78 Å². The number of nitrogens with one attached hydrogen (secondary N) is 1. The maximum atomic E-state index is 10.4. The van der Waals surface area contributed by atoms with Crippen LogP contribution in [0, 0.1) is 12.3 Å². The second-order valence-corrected chi connectivity index (χ2v) is 2.00. The summed E-state index contributed by atoms with van der Waals surface area (Å²) in [6.45, 7) is 3.77. The van der Waals surface area contributed by atoms with Crippen LogP contribution in [0.2, 0.25) is 0 Å². The molecule has 0 radical (unpaired) electrons. The SMILES string of the molecule is C#CCN/C(C)=C\C(C)=O. The summed E-state index contributed by atoms with van der Waals surface area (Å²) in [5.74, 6) is 2.44. The normalized spacial score (nSPS) is 10.3. The van der Waals surface area contributed by atoms with Crippen molar-refractivity contribution < 1.29 is 4.79 Å². The zero-order valence-electron chi connectivity index (χ0n) is 6.27. The highest BCUT2D eigenvalue weighted by Crippen LogP contribution is 1.84. The molecule has 10 heavy (non-hydrogen) atoms. The van der Waals surface area contributed by atoms with Gasteiger partial charge in [-0.3, -0.25) is 4.79 Å². The predicted octanol–water partition coefficient (Wildman–Crippen LogP) is 0.702. The summed E-state index contributed by atoms with van der Waals surface area (Å²) >= 11 is 0. The van der Waals surface area contributed by atoms with Gasteiger partial charge in [0, 0.05) is 5.70 Å². The molecule has 0 amide bonds. The molecule has 0 rings (SSSR count). The van der Waals surface area contributed by atoms with E-state index in [1.54, 1.807) is 6.92 Å². The number of carbonyl (C=O) groups excluding carboxylic acids is 1. The third-order valence-electron chi connectivity index (χ3n) is 0.889. The molecule has 0 aliphatic heterocycles. The van der Waals surface area contributed by atoms with E-state index in [0.29, 0.717) is 6.54 Å². The number of terminal acetylenes is 1. The molecular formula is C8H11NO. The van der Waals surface area contributed by atoms with Crippen LogP contribution in [0.4, 0.5) is 0 Å². The third kappa shape index (κ3) is 4.92. The Bertz CT molecular complexity index is 186. The molecule has 0 aromatic heterocycles. The summed E-state index contributed by atoms with van der Waals surface area (Å²) in [7, 11) is 0. The highest BCUT2D eigenvalue weighted by molar-refractivity contribution is 5.87. The molecule has 0 saturated heterocycles. The van der Waals surface area contributed by atoms with Gasteiger partial charge in [-0.25, -0.2) is 0 Å². The Morgan fingerprint density at radius 1 is 1.70 bits per heavy atom. The van der Waals surface area contributed by atoms with E-state index in [1.165, 1.54) is 13.0 Å². The molecule has 1 N–H and O–H groups in total. The quantitative estimate of drug-likeness (QED) is 0.458. The van der Waals surface area contributed by atoms with Crippen molar-refractivity contribution >= 4 is 5.78 Å². The first kappa shape index (κ1) is 8.77. The lowest BCUT2D eigenvalue weighted by molar-refractivity contribution is -0.112. The van der Waals surface area contributed by atoms with Crippen LogP contribution in [0.25, 0.3) is 0 Å². The van der Waals surface area contributed by atoms with Crippen LogP contribution < -0.4 is 5.32 Å². The van der Waals surface area contributed by atoms with Crippen LogP contribution in [-0.2, 0) is 4.79 Å². The van der Waals surface area contributed by atoms with Gasteiger partial charge in [-0.2, -0.15) is 0 Å². The zero-order chi connectivity index (χ0) is 7.98. The Kier molecular flexibility index (Phi) is 4.06. The fourth-order valence-corrected chi connectivity index (χ4v) is 0.546. The fourth-order valence-electron chi connectivity index (χ4n) is 0.546. The van der Waals surface area contributed by atoms with Crippen LogP contribution >= 0.6 is 0 Å². The highest BCUT2D eigenvalue weighted by Gasteiger charge is 1.87. The molecule has 0 saturated carbocycles. The molecule has 0 aromatic carbocycles. The lowest BCUT2D eigenvalue weighted by Crippen LogP contribution is -2.11. The van der Waals surface area contributed by atoms with E-state index in [9.17, 15) is 4.79 Å². The topological polar surface area (TPSA) is 29.1 Å². The first-order valence-corrected chi connectivity index (χ1v) is 3.03. The van der Waals surface area contributed by atoms with Crippen LogP contribution in [0.1, 0.15) is 13.8 Å². The molecule has 54 valence electrons. The molecule has 0 atom stereocenters. The van der Waals surface area contributed by atoms with Gasteiger partial charge in [0.1, 0.15) is 0 Å². The highest BCUT2D eigenvalue weighted by atomic mass is 16.1. The average Bonchev–Trinajstić information content (AvgIpc) is 1.82. The van der Waals surface area contributed by atoms with E-state index in [2.05, 4.69) is 11.2 Å². The van der Waals surface area contributed by atoms with E-state index in [4.69, 9.17) is 6.42 Å². The second-order valence-electron chi connectivity index (χ2n) is 2.00. The summed E-state index contributed by atoms with van der Waals surface area (Å²) in [5.41, 5.74) is 0.811. The van der Waals surface area contributed by atoms with Crippen molar-refractivity contribution in [3.8, 4) is 12.3 Å². The molecule has 0 aromatic rings. The third-order valence-corrected chi connectivity index (χ3v) is 0.889. The van der Waals surface area contributed by atoms with Crippen molar-refractivity contribution in [3.05, 3.63) is 11.8 Å². The minimum atomic E-state index is 0.0296. The first-order valence-electron chi connectivity index (χ1n) is 3.03. The summed E-state index contributed by atoms with van der Waals surface area (Å²) in [4.78, 5) is 10.4. The number of hydrogen-bond acceptors (Lipinski definition) is 2. The average molecular weight is 137 g/mol. The Labute approximate surface area is 61.3 Å². The summed E-state index contributed by atoms with van der Waals surface area (Å²) in [6, 6.07) is 0. The van der Waals surface area contributed by atoms with Gasteiger partial charge in [0.2, 0.25) is 0 Å². The maximum Gasteiger partial charge on any atom is 0.154 e. The Balaban J connectivity index is 3.74. The van der Waals surface area contributed by atoms with E-state index in [1.807, 2.05) is 0 Å². The molecule has 2 heteroatoms. The molecular weight excluding hydrogens is 126 g/mol. The first-order chi connectivity index (χ1) is 4.66. The zero-order valence-corrected chi connectivity index (χ0v) is 6.27. The summed E-state index contributed by atoms with van der Waals surface area (Å²) in [6.07, 6.45) is 6.49. The molecule has 0 aliphatic carbocycles. The van der Waals surface area contributed by atoms with Crippen molar-refractivity contribution in [1.82, 2.24) is 5.32 Å². The summed E-state index contributed by atoms with van der Waals surface area (Å²) < 4.78 is 0. The second kappa shape index (κ2) is 4.63. The lowest BCUT2D eigenvalue weighted by Gasteiger charge is -1.98. The van der Waals surface area contributed by atoms with Crippen molar-refractivity contribution in [2.45, 2.75) is 13.8 Å². The van der Waals surface area contributed by atoms with Gasteiger partial charge in [0.05, 0.1) is 6.54 Å². The fraction of sp³-hybridized carbons (Fsp3) is 0.375. The van der Waals surface area contributed by atoms with Crippen molar-refractivity contribution in [3.63, 3.8) is 0 Å². The number of allylic oxidation sites excluding steroid dienone is 2. The lowest BCUT2D eigenvalue weighted by atomic mass is 10.3. The molecule has 0 unspecified atom stereocenters. The minimum Gasteiger partial charge on any atom is -0.378 e. The smallest absolute Gasteiger partial charge is 0.154 e. The van der Waals surface area contributed by atoms with Gasteiger partial charge >= 0.3 is 0 Å². The van der Waals surface area contributed by atoms with Crippen molar-refractivity contribution in [2.24, 2.45) is 0 Å². The molecule has 0 aliphatic rings. The Morgan fingerprint density at radius 2 is 2.30 bits per heavy atom. The Hall–Kier alpha value is -1.23. The van der Waals surface area contributed by atoms with E-state index in [0.717, 1.165) is 5.70 Å². The van der Waals surface area contributed by atoms with Crippen molar-refractivity contribution in [2.75, 3.05) is 6.54 Å². The molecule has 0 fully saturated rings. The molecule has 0 heterocycles. The van der Waals surface area contributed by atoms with Gasteiger partial charge in [0.25, 0.3) is 0 Å². The van der Waals surface area contributed by atoms with E-state index < -0.39 is 0 Å². The number of hydrogen-bond donors (Lipinski definition) is 1. The van der Waals surface area contributed by atoms with Crippen molar-refractivity contribution in [1.29, 1.82) is 0 Å². The predicted molar refractivity (Wildman–Crippen MR) is 41.3 cm³/mol. The standard InChI is InChI=1S/C8H11NO/c1-4-5-9-7(2)6-8(3)10/h1,6,9H,5H2,2-3H3/b7-6-. The number of ketones is 1. The van der Waals surface area contributed by atoms with E-state index >= 15 is 0 Å². The minimum absolute atomic E-state index is 0.0296. The van der Waals surface area contributed by atoms with Gasteiger partial charge < -0.3 is 5.32 Å². The largest absolute Gasteiger partial charge is 0.378 e. The van der Waals surface area contributed by atoms with Gasteiger partial charge in [-0.1, -0.05) is 5.92 Å². The maximum absolute atomic E-state index is 10.4. The number of carbonyl (C=O) groups is 1.